The Kier molecular flexibility index (Phi) is 5.39. The molecule has 0 aliphatic heterocycles. The summed E-state index contributed by atoms with van der Waals surface area (Å²) >= 11 is 0. The lowest BCUT2D eigenvalue weighted by Gasteiger charge is -2.29. The van der Waals surface area contributed by atoms with E-state index in [4.69, 9.17) is 10.4 Å². The van der Waals surface area contributed by atoms with E-state index < -0.39 is 23.9 Å². The molecule has 0 bridgehead atoms. The van der Waals surface area contributed by atoms with Crippen LogP contribution in [-0.4, -0.2) is 29.5 Å². The van der Waals surface area contributed by atoms with E-state index in [1.807, 2.05) is 0 Å². The first-order valence-corrected chi connectivity index (χ1v) is 6.08. The minimum Gasteiger partial charge on any atom is -0.511 e. The number of allylic oxidation sites excluding steroid dienone is 1. The first-order chi connectivity index (χ1) is 9.23. The number of carbonyl (C=O) groups is 1. The lowest BCUT2D eigenvalue weighted by molar-refractivity contribution is -0.345. The summed E-state index contributed by atoms with van der Waals surface area (Å²) in [7, 11) is 0. The van der Waals surface area contributed by atoms with Gasteiger partial charge in [0, 0.05) is 6.04 Å². The Morgan fingerprint density at radius 2 is 1.90 bits per heavy atom. The van der Waals surface area contributed by atoms with Gasteiger partial charge < -0.3 is 10.4 Å². The van der Waals surface area contributed by atoms with Crippen molar-refractivity contribution in [1.82, 2.24) is 5.32 Å². The summed E-state index contributed by atoms with van der Waals surface area (Å²) in [4.78, 5) is 11.6. The molecule has 0 heterocycles. The lowest BCUT2D eigenvalue weighted by Crippen LogP contribution is -2.40. The molecule has 1 rings (SSSR count). The van der Waals surface area contributed by atoms with Crippen molar-refractivity contribution in [2.45, 2.75) is 51.1 Å². The van der Waals surface area contributed by atoms with Crippen LogP contribution in [0.15, 0.2) is 11.3 Å². The van der Waals surface area contributed by atoms with Crippen molar-refractivity contribution in [3.8, 4) is 6.07 Å². The van der Waals surface area contributed by atoms with E-state index in [1.165, 1.54) is 6.92 Å². The standard InChI is InChI=1S/C12H15F3N2O3/c1-7(18)10(6-16)11(19)17-8-2-4-9(5-3-8)20-12(13,14)15/h8-9,18H,2-5H2,1H3,(H,17,19)/b10-7-. The molecule has 0 saturated heterocycles. The van der Waals surface area contributed by atoms with Gasteiger partial charge in [-0.1, -0.05) is 0 Å². The van der Waals surface area contributed by atoms with Crippen LogP contribution >= 0.6 is 0 Å². The highest BCUT2D eigenvalue weighted by molar-refractivity contribution is 5.97. The van der Waals surface area contributed by atoms with Crippen LogP contribution in [0.1, 0.15) is 32.6 Å². The molecule has 1 aliphatic carbocycles. The van der Waals surface area contributed by atoms with Crippen molar-refractivity contribution < 1.29 is 27.8 Å². The third-order valence-electron chi connectivity index (χ3n) is 3.01. The van der Waals surface area contributed by atoms with Gasteiger partial charge in [0.2, 0.25) is 0 Å². The van der Waals surface area contributed by atoms with Crippen LogP contribution in [0, 0.1) is 11.3 Å². The molecule has 1 fully saturated rings. The Morgan fingerprint density at radius 3 is 2.30 bits per heavy atom. The minimum atomic E-state index is -4.65. The van der Waals surface area contributed by atoms with Crippen LogP contribution in [0.5, 0.6) is 0 Å². The second-order valence-corrected chi connectivity index (χ2v) is 4.58. The monoisotopic (exact) mass is 292 g/mol. The summed E-state index contributed by atoms with van der Waals surface area (Å²) in [6.45, 7) is 1.21. The molecule has 0 radical (unpaired) electrons. The number of carbonyl (C=O) groups excluding carboxylic acids is 1. The molecule has 2 N–H and O–H groups in total. The van der Waals surface area contributed by atoms with Gasteiger partial charge in [-0.25, -0.2) is 0 Å². The van der Waals surface area contributed by atoms with Crippen molar-refractivity contribution in [2.24, 2.45) is 0 Å². The van der Waals surface area contributed by atoms with E-state index in [9.17, 15) is 18.0 Å². The van der Waals surface area contributed by atoms with Crippen molar-refractivity contribution >= 4 is 5.91 Å². The topological polar surface area (TPSA) is 82.3 Å². The number of halogens is 3. The van der Waals surface area contributed by atoms with Crippen molar-refractivity contribution in [1.29, 1.82) is 5.26 Å². The Morgan fingerprint density at radius 1 is 1.35 bits per heavy atom. The number of alkyl halides is 3. The van der Waals surface area contributed by atoms with Gasteiger partial charge in [-0.3, -0.25) is 9.53 Å². The summed E-state index contributed by atoms with van der Waals surface area (Å²) in [5.41, 5.74) is -0.390. The predicted octanol–water partition coefficient (Wildman–Crippen LogP) is 2.31. The van der Waals surface area contributed by atoms with E-state index in [1.54, 1.807) is 6.07 Å². The van der Waals surface area contributed by atoms with E-state index >= 15 is 0 Å². The molecule has 1 saturated carbocycles. The molecule has 8 heteroatoms. The molecular weight excluding hydrogens is 277 g/mol. The average molecular weight is 292 g/mol. The molecule has 1 amide bonds. The fraction of sp³-hybridized carbons (Fsp3) is 0.667. The normalized spacial score (nSPS) is 24.6. The highest BCUT2D eigenvalue weighted by Crippen LogP contribution is 2.28. The van der Waals surface area contributed by atoms with Crippen molar-refractivity contribution in [3.63, 3.8) is 0 Å². The van der Waals surface area contributed by atoms with Crippen LogP contribution in [0.3, 0.4) is 0 Å². The Hall–Kier alpha value is -1.75. The van der Waals surface area contributed by atoms with Gasteiger partial charge in [-0.05, 0) is 32.6 Å². The smallest absolute Gasteiger partial charge is 0.511 e. The zero-order valence-electron chi connectivity index (χ0n) is 10.8. The number of aliphatic hydroxyl groups excluding tert-OH is 1. The van der Waals surface area contributed by atoms with Crippen LogP contribution in [0.25, 0.3) is 0 Å². The maximum absolute atomic E-state index is 12.0. The number of ether oxygens (including phenoxy) is 1. The van der Waals surface area contributed by atoms with Crippen LogP contribution in [0.2, 0.25) is 0 Å². The third kappa shape index (κ3) is 5.09. The second-order valence-electron chi connectivity index (χ2n) is 4.58. The molecule has 0 unspecified atom stereocenters. The number of hydrogen-bond donors (Lipinski definition) is 2. The molecule has 20 heavy (non-hydrogen) atoms. The maximum atomic E-state index is 12.0. The molecule has 1 aliphatic rings. The molecule has 0 aromatic heterocycles. The maximum Gasteiger partial charge on any atom is 0.522 e. The van der Waals surface area contributed by atoms with Crippen molar-refractivity contribution in [3.05, 3.63) is 11.3 Å². The predicted molar refractivity (Wildman–Crippen MR) is 62.3 cm³/mol. The summed E-state index contributed by atoms with van der Waals surface area (Å²) in [5, 5.41) is 20.3. The molecule has 0 spiro atoms. The van der Waals surface area contributed by atoms with E-state index in [0.29, 0.717) is 12.8 Å². The summed E-state index contributed by atoms with van der Waals surface area (Å²) in [6, 6.07) is 1.25. The second kappa shape index (κ2) is 6.61. The third-order valence-corrected chi connectivity index (χ3v) is 3.01. The van der Waals surface area contributed by atoms with Crippen LogP contribution < -0.4 is 5.32 Å². The van der Waals surface area contributed by atoms with Gasteiger partial charge in [-0.2, -0.15) is 5.26 Å². The van der Waals surface area contributed by atoms with E-state index in [2.05, 4.69) is 10.1 Å². The number of nitrogens with one attached hydrogen (secondary N) is 1. The van der Waals surface area contributed by atoms with Gasteiger partial charge in [0.15, 0.2) is 5.57 Å². The summed E-state index contributed by atoms with van der Waals surface area (Å²) < 4.78 is 40.0. The highest BCUT2D eigenvalue weighted by Gasteiger charge is 2.35. The van der Waals surface area contributed by atoms with Gasteiger partial charge >= 0.3 is 6.36 Å². The number of rotatable bonds is 3. The Balaban J connectivity index is 2.46. The number of nitriles is 1. The Bertz CT molecular complexity index is 428. The van der Waals surface area contributed by atoms with E-state index in [0.717, 1.165) is 0 Å². The fourth-order valence-corrected chi connectivity index (χ4v) is 2.07. The number of aliphatic hydroxyl groups is 1. The SMILES string of the molecule is C/C(O)=C(\C#N)C(=O)NC1CCC(OC(F)(F)F)CC1. The van der Waals surface area contributed by atoms with Gasteiger partial charge in [0.25, 0.3) is 5.91 Å². The first kappa shape index (κ1) is 16.3. The van der Waals surface area contributed by atoms with Gasteiger partial charge in [0.05, 0.1) is 6.10 Å². The molecule has 0 atom stereocenters. The average Bonchev–Trinajstić information content (AvgIpc) is 2.30. The molecule has 0 aromatic carbocycles. The zero-order valence-corrected chi connectivity index (χ0v) is 10.8. The number of amides is 1. The molecule has 112 valence electrons. The van der Waals surface area contributed by atoms with E-state index in [-0.39, 0.29) is 24.6 Å². The van der Waals surface area contributed by atoms with Gasteiger partial charge in [-0.15, -0.1) is 13.2 Å². The number of nitrogens with zero attached hydrogens (tertiary/aromatic N) is 1. The molecule has 5 nitrogen and oxygen atoms in total. The summed E-state index contributed by atoms with van der Waals surface area (Å²) in [5.74, 6) is -1.10. The largest absolute Gasteiger partial charge is 0.522 e. The number of hydrogen-bond acceptors (Lipinski definition) is 4. The quantitative estimate of drug-likeness (QED) is 0.475. The van der Waals surface area contributed by atoms with Crippen LogP contribution in [0.4, 0.5) is 13.2 Å². The van der Waals surface area contributed by atoms with Crippen molar-refractivity contribution in [2.75, 3.05) is 0 Å². The fourth-order valence-electron chi connectivity index (χ4n) is 2.07. The Labute approximate surface area is 114 Å². The molecular formula is C12H15F3N2O3. The lowest BCUT2D eigenvalue weighted by atomic mass is 9.92. The molecule has 0 aromatic rings. The first-order valence-electron chi connectivity index (χ1n) is 6.08. The summed E-state index contributed by atoms with van der Waals surface area (Å²) in [6.07, 6.45) is -4.53. The zero-order chi connectivity index (χ0) is 15.3. The van der Waals surface area contributed by atoms with Crippen LogP contribution in [-0.2, 0) is 9.53 Å². The minimum absolute atomic E-state index is 0.175. The van der Waals surface area contributed by atoms with Gasteiger partial charge in [0.1, 0.15) is 11.8 Å². The highest BCUT2D eigenvalue weighted by atomic mass is 19.4.